The number of carboxylic acid groups (broad SMARTS) is 1. The van der Waals surface area contributed by atoms with Crippen molar-refractivity contribution in [1.29, 1.82) is 0 Å². The molecule has 1 fully saturated rings. The summed E-state index contributed by atoms with van der Waals surface area (Å²) in [5, 5.41) is 16.1. The molecule has 1 amide bonds. The first-order valence-corrected chi connectivity index (χ1v) is 7.52. The molecule has 1 aromatic heterocycles. The van der Waals surface area contributed by atoms with Crippen LogP contribution in [-0.2, 0) is 20.5 Å². The van der Waals surface area contributed by atoms with Crippen LogP contribution in [0.1, 0.15) is 32.3 Å². The fourth-order valence-corrected chi connectivity index (χ4v) is 2.57. The van der Waals surface area contributed by atoms with Gasteiger partial charge in [0.2, 0.25) is 5.91 Å². The standard InChI is InChI=1S/C17H19N3O3/c1-16(2,15(22)23)20-11-13(10-18-20)19-14(21)17(8-9-17)12-6-4-3-5-7-12/h3-7,10-11H,8-9H2,1-2H3,(H,19,21)(H,22,23). The summed E-state index contributed by atoms with van der Waals surface area (Å²) >= 11 is 0. The largest absolute Gasteiger partial charge is 0.479 e. The van der Waals surface area contributed by atoms with Crippen LogP contribution >= 0.6 is 0 Å². The zero-order valence-corrected chi connectivity index (χ0v) is 13.1. The zero-order chi connectivity index (χ0) is 16.7. The van der Waals surface area contributed by atoms with E-state index in [1.54, 1.807) is 20.0 Å². The van der Waals surface area contributed by atoms with Crippen LogP contribution in [-0.4, -0.2) is 26.8 Å². The second-order valence-corrected chi connectivity index (χ2v) is 6.44. The topological polar surface area (TPSA) is 84.2 Å². The van der Waals surface area contributed by atoms with E-state index < -0.39 is 16.9 Å². The van der Waals surface area contributed by atoms with Gasteiger partial charge in [-0.15, -0.1) is 0 Å². The molecule has 0 saturated heterocycles. The lowest BCUT2D eigenvalue weighted by molar-refractivity contribution is -0.146. The van der Waals surface area contributed by atoms with E-state index in [1.165, 1.54) is 10.9 Å². The van der Waals surface area contributed by atoms with Crippen LogP contribution in [0.25, 0.3) is 0 Å². The quantitative estimate of drug-likeness (QED) is 0.887. The number of anilines is 1. The van der Waals surface area contributed by atoms with E-state index in [2.05, 4.69) is 10.4 Å². The Hall–Kier alpha value is -2.63. The average molecular weight is 313 g/mol. The third-order valence-corrected chi connectivity index (χ3v) is 4.45. The number of amides is 1. The molecule has 1 aliphatic rings. The highest BCUT2D eigenvalue weighted by atomic mass is 16.4. The Morgan fingerprint density at radius 3 is 2.48 bits per heavy atom. The van der Waals surface area contributed by atoms with Crippen molar-refractivity contribution in [3.63, 3.8) is 0 Å². The first-order chi connectivity index (χ1) is 10.9. The summed E-state index contributed by atoms with van der Waals surface area (Å²) in [4.78, 5) is 23.9. The van der Waals surface area contributed by atoms with Crippen molar-refractivity contribution < 1.29 is 14.7 Å². The van der Waals surface area contributed by atoms with E-state index in [4.69, 9.17) is 0 Å². The van der Waals surface area contributed by atoms with Gasteiger partial charge in [0.1, 0.15) is 0 Å². The molecule has 6 heteroatoms. The Morgan fingerprint density at radius 1 is 1.26 bits per heavy atom. The maximum absolute atomic E-state index is 12.6. The van der Waals surface area contributed by atoms with E-state index in [9.17, 15) is 14.7 Å². The molecule has 1 aromatic carbocycles. The molecule has 6 nitrogen and oxygen atoms in total. The Morgan fingerprint density at radius 2 is 1.91 bits per heavy atom. The minimum Gasteiger partial charge on any atom is -0.479 e. The van der Waals surface area contributed by atoms with Gasteiger partial charge in [-0.1, -0.05) is 30.3 Å². The summed E-state index contributed by atoms with van der Waals surface area (Å²) in [7, 11) is 0. The number of aliphatic carboxylic acids is 1. The fourth-order valence-electron chi connectivity index (χ4n) is 2.57. The first-order valence-electron chi connectivity index (χ1n) is 7.52. The predicted octanol–water partition coefficient (Wildman–Crippen LogP) is 2.37. The lowest BCUT2D eigenvalue weighted by Gasteiger charge is -2.19. The summed E-state index contributed by atoms with van der Waals surface area (Å²) in [6.07, 6.45) is 4.66. The van der Waals surface area contributed by atoms with Crippen molar-refractivity contribution in [3.8, 4) is 0 Å². The summed E-state index contributed by atoms with van der Waals surface area (Å²) in [6, 6.07) is 9.70. The van der Waals surface area contributed by atoms with E-state index in [-0.39, 0.29) is 5.91 Å². The van der Waals surface area contributed by atoms with Crippen LogP contribution in [0.3, 0.4) is 0 Å². The SMILES string of the molecule is CC(C)(C(=O)O)n1cc(NC(=O)C2(c3ccccc3)CC2)cn1. The maximum Gasteiger partial charge on any atom is 0.331 e. The Balaban J connectivity index is 1.77. The summed E-state index contributed by atoms with van der Waals surface area (Å²) in [5.74, 6) is -1.06. The van der Waals surface area contributed by atoms with Gasteiger partial charge < -0.3 is 10.4 Å². The van der Waals surface area contributed by atoms with Crippen molar-refractivity contribution in [3.05, 3.63) is 48.3 Å². The summed E-state index contributed by atoms with van der Waals surface area (Å²) < 4.78 is 1.34. The van der Waals surface area contributed by atoms with Crippen LogP contribution in [0.2, 0.25) is 0 Å². The van der Waals surface area contributed by atoms with Crippen LogP contribution < -0.4 is 5.32 Å². The van der Waals surface area contributed by atoms with Gasteiger partial charge in [-0.3, -0.25) is 9.48 Å². The monoisotopic (exact) mass is 313 g/mol. The van der Waals surface area contributed by atoms with Crippen molar-refractivity contribution in [1.82, 2.24) is 9.78 Å². The molecule has 2 N–H and O–H groups in total. The van der Waals surface area contributed by atoms with Gasteiger partial charge in [0.25, 0.3) is 0 Å². The Labute approximate surface area is 134 Å². The molecule has 120 valence electrons. The van der Waals surface area contributed by atoms with Crippen molar-refractivity contribution in [2.75, 3.05) is 5.32 Å². The molecule has 3 rings (SSSR count). The van der Waals surface area contributed by atoms with Crippen molar-refractivity contribution >= 4 is 17.6 Å². The van der Waals surface area contributed by atoms with Crippen LogP contribution in [0.15, 0.2) is 42.7 Å². The van der Waals surface area contributed by atoms with Gasteiger partial charge in [-0.2, -0.15) is 5.10 Å². The molecule has 0 bridgehead atoms. The van der Waals surface area contributed by atoms with E-state index >= 15 is 0 Å². The van der Waals surface area contributed by atoms with Crippen molar-refractivity contribution in [2.45, 2.75) is 37.6 Å². The number of benzene rings is 1. The fraction of sp³-hybridized carbons (Fsp3) is 0.353. The number of hydrogen-bond acceptors (Lipinski definition) is 3. The van der Waals surface area contributed by atoms with E-state index in [0.29, 0.717) is 5.69 Å². The van der Waals surface area contributed by atoms with Crippen LogP contribution in [0.4, 0.5) is 5.69 Å². The molecule has 1 saturated carbocycles. The summed E-state index contributed by atoms with van der Waals surface area (Å²) in [5.41, 5.74) is -0.118. The van der Waals surface area contributed by atoms with Gasteiger partial charge in [0.05, 0.1) is 17.3 Å². The van der Waals surface area contributed by atoms with Crippen molar-refractivity contribution in [2.24, 2.45) is 0 Å². The molecule has 1 heterocycles. The van der Waals surface area contributed by atoms with Crippen LogP contribution in [0, 0.1) is 0 Å². The highest BCUT2D eigenvalue weighted by molar-refractivity contribution is 6.01. The number of carboxylic acids is 1. The van der Waals surface area contributed by atoms with Gasteiger partial charge in [-0.25, -0.2) is 4.79 Å². The Bertz CT molecular complexity index is 745. The van der Waals surface area contributed by atoms with E-state index in [1.807, 2.05) is 30.3 Å². The molecule has 0 unspecified atom stereocenters. The molecule has 1 aliphatic carbocycles. The number of carbonyl (C=O) groups is 2. The first kappa shape index (κ1) is 15.3. The molecule has 0 spiro atoms. The average Bonchev–Trinajstić information content (AvgIpc) is 3.21. The van der Waals surface area contributed by atoms with Crippen LogP contribution in [0.5, 0.6) is 0 Å². The lowest BCUT2D eigenvalue weighted by atomic mass is 9.95. The second-order valence-electron chi connectivity index (χ2n) is 6.44. The number of nitrogens with one attached hydrogen (secondary N) is 1. The molecule has 23 heavy (non-hydrogen) atoms. The summed E-state index contributed by atoms with van der Waals surface area (Å²) in [6.45, 7) is 3.11. The number of rotatable bonds is 5. The smallest absolute Gasteiger partial charge is 0.331 e. The second kappa shape index (κ2) is 5.22. The van der Waals surface area contributed by atoms with Gasteiger partial charge in [0, 0.05) is 6.20 Å². The predicted molar refractivity (Wildman–Crippen MR) is 85.2 cm³/mol. The molecule has 2 aromatic rings. The molecular weight excluding hydrogens is 294 g/mol. The molecular formula is C17H19N3O3. The lowest BCUT2D eigenvalue weighted by Crippen LogP contribution is -2.36. The number of aromatic nitrogens is 2. The van der Waals surface area contributed by atoms with Gasteiger partial charge in [-0.05, 0) is 32.3 Å². The third-order valence-electron chi connectivity index (χ3n) is 4.45. The zero-order valence-electron chi connectivity index (χ0n) is 13.1. The normalized spacial score (nSPS) is 15.9. The highest BCUT2D eigenvalue weighted by Gasteiger charge is 2.51. The molecule has 0 aliphatic heterocycles. The Kier molecular flexibility index (Phi) is 3.47. The molecule has 0 radical (unpaired) electrons. The van der Waals surface area contributed by atoms with Gasteiger partial charge in [0.15, 0.2) is 5.54 Å². The van der Waals surface area contributed by atoms with E-state index in [0.717, 1.165) is 18.4 Å². The van der Waals surface area contributed by atoms with Gasteiger partial charge >= 0.3 is 5.97 Å². The number of hydrogen-bond donors (Lipinski definition) is 2. The maximum atomic E-state index is 12.6. The molecule has 0 atom stereocenters. The number of nitrogens with zero attached hydrogens (tertiary/aromatic N) is 2. The minimum atomic E-state index is -1.17. The highest BCUT2D eigenvalue weighted by Crippen LogP contribution is 2.48. The third kappa shape index (κ3) is 2.60. The minimum absolute atomic E-state index is 0.0728. The number of carbonyl (C=O) groups excluding carboxylic acids is 1.